The van der Waals surface area contributed by atoms with Gasteiger partial charge in [0, 0.05) is 26.1 Å². The Balaban J connectivity index is 1.46. The van der Waals surface area contributed by atoms with Gasteiger partial charge in [-0.3, -0.25) is 14.4 Å². The largest absolute Gasteiger partial charge is 0.497 e. The highest BCUT2D eigenvalue weighted by atomic mass is 16.5. The Kier molecular flexibility index (Phi) is 7.28. The molecule has 1 fully saturated rings. The maximum absolute atomic E-state index is 12.5. The van der Waals surface area contributed by atoms with Crippen LogP contribution in [0.5, 0.6) is 5.75 Å². The van der Waals surface area contributed by atoms with Crippen LogP contribution in [0.1, 0.15) is 30.0 Å². The molecule has 2 aromatic rings. The number of benzene rings is 2. The first-order valence-electron chi connectivity index (χ1n) is 10.3. The first-order chi connectivity index (χ1) is 14.9. The van der Waals surface area contributed by atoms with E-state index in [1.54, 1.807) is 12.0 Å². The summed E-state index contributed by atoms with van der Waals surface area (Å²) in [6.07, 6.45) is -0.836. The Morgan fingerprint density at radius 3 is 2.39 bits per heavy atom. The molecular weight excluding hydrogens is 396 g/mol. The lowest BCUT2D eigenvalue weighted by Gasteiger charge is -2.18. The van der Waals surface area contributed by atoms with Gasteiger partial charge in [0.1, 0.15) is 5.75 Å². The lowest BCUT2D eigenvalue weighted by molar-refractivity contribution is -0.158. The first kappa shape index (κ1) is 22.3. The van der Waals surface area contributed by atoms with Gasteiger partial charge in [-0.25, -0.2) is 0 Å². The smallest absolute Gasteiger partial charge is 0.312 e. The fourth-order valence-corrected chi connectivity index (χ4v) is 3.40. The molecule has 7 heteroatoms. The van der Waals surface area contributed by atoms with E-state index in [9.17, 15) is 14.4 Å². The van der Waals surface area contributed by atoms with Gasteiger partial charge in [0.25, 0.3) is 5.91 Å². The summed E-state index contributed by atoms with van der Waals surface area (Å²) in [6.45, 7) is 4.61. The second kappa shape index (κ2) is 10.1. The number of carbonyl (C=O) groups is 3. The number of esters is 1. The van der Waals surface area contributed by atoms with Crippen molar-refractivity contribution >= 4 is 17.8 Å². The molecule has 0 radical (unpaired) electrons. The van der Waals surface area contributed by atoms with Crippen molar-refractivity contribution in [2.75, 3.05) is 13.7 Å². The summed E-state index contributed by atoms with van der Waals surface area (Å²) in [5.41, 5.74) is 3.07. The molecular formula is C24H28N2O5. The van der Waals surface area contributed by atoms with E-state index in [1.165, 1.54) is 6.92 Å². The van der Waals surface area contributed by atoms with Crippen LogP contribution in [0, 0.1) is 12.8 Å². The van der Waals surface area contributed by atoms with Gasteiger partial charge >= 0.3 is 5.97 Å². The number of methoxy groups -OCH3 is 1. The molecule has 0 aliphatic carbocycles. The highest BCUT2D eigenvalue weighted by Crippen LogP contribution is 2.22. The average molecular weight is 424 g/mol. The van der Waals surface area contributed by atoms with Crippen LogP contribution in [0.2, 0.25) is 0 Å². The number of ether oxygens (including phenoxy) is 2. The molecule has 2 amide bonds. The summed E-state index contributed by atoms with van der Waals surface area (Å²) < 4.78 is 10.4. The molecule has 0 aromatic heterocycles. The second-order valence-corrected chi connectivity index (χ2v) is 7.81. The van der Waals surface area contributed by atoms with Crippen LogP contribution >= 0.6 is 0 Å². The molecule has 0 spiro atoms. The number of likely N-dealkylation sites (tertiary alicyclic amines) is 1. The third-order valence-electron chi connectivity index (χ3n) is 5.33. The first-order valence-corrected chi connectivity index (χ1v) is 10.3. The zero-order valence-corrected chi connectivity index (χ0v) is 18.1. The quantitative estimate of drug-likeness (QED) is 0.659. The third-order valence-corrected chi connectivity index (χ3v) is 5.33. The van der Waals surface area contributed by atoms with Crippen LogP contribution in [-0.2, 0) is 32.2 Å². The molecule has 164 valence electrons. The van der Waals surface area contributed by atoms with Gasteiger partial charge in [0.2, 0.25) is 5.91 Å². The van der Waals surface area contributed by atoms with Crippen molar-refractivity contribution in [1.29, 1.82) is 0 Å². The van der Waals surface area contributed by atoms with E-state index in [2.05, 4.69) is 5.32 Å². The molecule has 31 heavy (non-hydrogen) atoms. The Bertz CT molecular complexity index is 924. The highest BCUT2D eigenvalue weighted by molar-refractivity contribution is 5.88. The maximum atomic E-state index is 12.5. The van der Waals surface area contributed by atoms with Crippen LogP contribution in [0.3, 0.4) is 0 Å². The van der Waals surface area contributed by atoms with Crippen molar-refractivity contribution in [3.8, 4) is 5.75 Å². The van der Waals surface area contributed by atoms with Gasteiger partial charge in [-0.15, -0.1) is 0 Å². The van der Waals surface area contributed by atoms with Crippen molar-refractivity contribution in [1.82, 2.24) is 10.2 Å². The van der Waals surface area contributed by atoms with Gasteiger partial charge in [-0.2, -0.15) is 0 Å². The predicted molar refractivity (Wildman–Crippen MR) is 115 cm³/mol. The normalized spacial score (nSPS) is 16.7. The summed E-state index contributed by atoms with van der Waals surface area (Å²) >= 11 is 0. The summed E-state index contributed by atoms with van der Waals surface area (Å²) in [4.78, 5) is 38.8. The molecule has 7 nitrogen and oxygen atoms in total. The third kappa shape index (κ3) is 6.07. The molecule has 0 bridgehead atoms. The number of rotatable bonds is 8. The van der Waals surface area contributed by atoms with E-state index >= 15 is 0 Å². The molecule has 0 saturated carbocycles. The Labute approximate surface area is 182 Å². The summed E-state index contributed by atoms with van der Waals surface area (Å²) in [5, 5.41) is 2.75. The van der Waals surface area contributed by atoms with Gasteiger partial charge < -0.3 is 19.7 Å². The van der Waals surface area contributed by atoms with E-state index in [0.29, 0.717) is 19.6 Å². The maximum Gasteiger partial charge on any atom is 0.312 e. The van der Waals surface area contributed by atoms with Gasteiger partial charge in [0.15, 0.2) is 6.10 Å². The minimum atomic E-state index is -0.938. The predicted octanol–water partition coefficient (Wildman–Crippen LogP) is 2.60. The highest BCUT2D eigenvalue weighted by Gasteiger charge is 2.36. The summed E-state index contributed by atoms with van der Waals surface area (Å²) in [6, 6.07) is 15.3. The number of carbonyl (C=O) groups excluding carboxylic acids is 3. The average Bonchev–Trinajstić information content (AvgIpc) is 3.14. The van der Waals surface area contributed by atoms with Crippen molar-refractivity contribution in [2.45, 2.75) is 39.5 Å². The molecule has 1 N–H and O–H groups in total. The summed E-state index contributed by atoms with van der Waals surface area (Å²) in [5.74, 6) is -0.814. The van der Waals surface area contributed by atoms with Crippen molar-refractivity contribution < 1.29 is 23.9 Å². The Hall–Kier alpha value is -3.35. The molecule has 1 heterocycles. The molecule has 2 aromatic carbocycles. The standard InChI is InChI=1S/C24H28N2O5/c1-16-4-6-19(7-5-16)14-26-15-20(12-22(26)27)24(29)31-17(2)23(28)25-13-18-8-10-21(30-3)11-9-18/h4-11,17,20H,12-15H2,1-3H3,(H,25,28). The Morgan fingerprint density at radius 2 is 1.74 bits per heavy atom. The number of hydrogen-bond donors (Lipinski definition) is 1. The summed E-state index contributed by atoms with van der Waals surface area (Å²) in [7, 11) is 1.59. The van der Waals surface area contributed by atoms with Crippen LogP contribution in [0.15, 0.2) is 48.5 Å². The number of aryl methyl sites for hydroxylation is 1. The Morgan fingerprint density at radius 1 is 1.10 bits per heavy atom. The van der Waals surface area contributed by atoms with Gasteiger partial charge in [0.05, 0.1) is 13.0 Å². The fraction of sp³-hybridized carbons (Fsp3) is 0.375. The minimum Gasteiger partial charge on any atom is -0.497 e. The second-order valence-electron chi connectivity index (χ2n) is 7.81. The van der Waals surface area contributed by atoms with E-state index < -0.39 is 18.0 Å². The zero-order valence-electron chi connectivity index (χ0n) is 18.1. The topological polar surface area (TPSA) is 84.9 Å². The van der Waals surface area contributed by atoms with Crippen LogP contribution in [0.25, 0.3) is 0 Å². The molecule has 1 aliphatic rings. The fourth-order valence-electron chi connectivity index (χ4n) is 3.40. The van der Waals surface area contributed by atoms with Crippen LogP contribution in [0.4, 0.5) is 0 Å². The number of amides is 2. The van der Waals surface area contributed by atoms with Crippen LogP contribution in [-0.4, -0.2) is 42.4 Å². The molecule has 1 aliphatic heterocycles. The van der Waals surface area contributed by atoms with Crippen molar-refractivity contribution in [3.05, 3.63) is 65.2 Å². The van der Waals surface area contributed by atoms with E-state index in [1.807, 2.05) is 55.5 Å². The number of nitrogens with zero attached hydrogens (tertiary/aromatic N) is 1. The van der Waals surface area contributed by atoms with Gasteiger partial charge in [-0.05, 0) is 37.1 Å². The van der Waals surface area contributed by atoms with Crippen LogP contribution < -0.4 is 10.1 Å². The molecule has 2 atom stereocenters. The van der Waals surface area contributed by atoms with E-state index in [-0.39, 0.29) is 18.2 Å². The SMILES string of the molecule is COc1ccc(CNC(=O)C(C)OC(=O)C2CC(=O)N(Cc3ccc(C)cc3)C2)cc1. The van der Waals surface area contributed by atoms with Crippen molar-refractivity contribution in [3.63, 3.8) is 0 Å². The van der Waals surface area contributed by atoms with E-state index in [4.69, 9.17) is 9.47 Å². The monoisotopic (exact) mass is 424 g/mol. The lowest BCUT2D eigenvalue weighted by atomic mass is 10.1. The molecule has 1 saturated heterocycles. The van der Waals surface area contributed by atoms with E-state index in [0.717, 1.165) is 22.4 Å². The number of nitrogens with one attached hydrogen (secondary N) is 1. The number of hydrogen-bond acceptors (Lipinski definition) is 5. The lowest BCUT2D eigenvalue weighted by Crippen LogP contribution is -2.37. The van der Waals surface area contributed by atoms with Gasteiger partial charge in [-0.1, -0.05) is 42.0 Å². The zero-order chi connectivity index (χ0) is 22.4. The van der Waals surface area contributed by atoms with Crippen molar-refractivity contribution in [2.24, 2.45) is 5.92 Å². The molecule has 2 unspecified atom stereocenters. The molecule has 3 rings (SSSR count). The minimum absolute atomic E-state index is 0.0841.